The number of nitrogens with one attached hydrogen (secondary N) is 2. The highest BCUT2D eigenvalue weighted by molar-refractivity contribution is 6.07. The number of benzene rings is 2. The normalized spacial score (nSPS) is 18.0. The summed E-state index contributed by atoms with van der Waals surface area (Å²) >= 11 is 0. The maximum atomic E-state index is 12.1. The van der Waals surface area contributed by atoms with Gasteiger partial charge in [0.15, 0.2) is 11.5 Å². The average molecular weight is 407 g/mol. The molecule has 7 nitrogen and oxygen atoms in total. The second kappa shape index (κ2) is 7.74. The van der Waals surface area contributed by atoms with Crippen LogP contribution in [0.25, 0.3) is 12.2 Å². The number of ether oxygens (including phenoxy) is 1. The Balaban J connectivity index is 1.42. The molecule has 3 N–H and O–H groups in total. The molecule has 0 saturated carbocycles. The van der Waals surface area contributed by atoms with E-state index in [-0.39, 0.29) is 11.7 Å². The van der Waals surface area contributed by atoms with Gasteiger partial charge in [-0.15, -0.1) is 0 Å². The number of hydrogen-bond acceptors (Lipinski definition) is 5. The number of hydrogen-bond donors (Lipinski definition) is 3. The molecule has 0 atom stereocenters. The first kappa shape index (κ1) is 19.8. The number of rotatable bonds is 4. The number of carbonyl (C=O) groups is 2. The molecule has 0 aromatic heterocycles. The molecular formula is C23H25N3O4. The number of piperidine rings is 1. The highest BCUT2D eigenvalue weighted by Gasteiger charge is 2.47. The Morgan fingerprint density at radius 1 is 1.07 bits per heavy atom. The van der Waals surface area contributed by atoms with Crippen LogP contribution in [0.3, 0.4) is 0 Å². The summed E-state index contributed by atoms with van der Waals surface area (Å²) in [5, 5.41) is 15.1. The number of anilines is 1. The van der Waals surface area contributed by atoms with Gasteiger partial charge in [0.1, 0.15) is 5.54 Å². The lowest BCUT2D eigenvalue weighted by molar-refractivity contribution is -0.124. The summed E-state index contributed by atoms with van der Waals surface area (Å²) < 4.78 is 5.21. The number of nitrogens with zero attached hydrogens (tertiary/aromatic N) is 1. The number of aryl methyl sites for hydroxylation is 1. The van der Waals surface area contributed by atoms with Crippen molar-refractivity contribution in [2.24, 2.45) is 0 Å². The monoisotopic (exact) mass is 407 g/mol. The summed E-state index contributed by atoms with van der Waals surface area (Å²) in [4.78, 5) is 25.8. The van der Waals surface area contributed by atoms with E-state index in [1.54, 1.807) is 6.07 Å². The Kier molecular flexibility index (Phi) is 5.11. The SMILES string of the molecule is COc1cc(/C=C/c2ccc(N3CCC4(CC3)NC(=O)NC4=O)cc2)cc(C)c1O. The second-order valence-electron chi connectivity index (χ2n) is 7.79. The van der Waals surface area contributed by atoms with Crippen molar-refractivity contribution in [3.63, 3.8) is 0 Å². The van der Waals surface area contributed by atoms with Gasteiger partial charge in [-0.2, -0.15) is 0 Å². The van der Waals surface area contributed by atoms with Gasteiger partial charge >= 0.3 is 6.03 Å². The summed E-state index contributed by atoms with van der Waals surface area (Å²) in [6, 6.07) is 11.5. The topological polar surface area (TPSA) is 90.9 Å². The van der Waals surface area contributed by atoms with E-state index in [0.717, 1.165) is 22.4 Å². The minimum Gasteiger partial charge on any atom is -0.504 e. The van der Waals surface area contributed by atoms with Crippen molar-refractivity contribution in [3.05, 3.63) is 53.1 Å². The number of phenolic OH excluding ortho intramolecular Hbond substituents is 1. The molecule has 7 heteroatoms. The lowest BCUT2D eigenvalue weighted by Crippen LogP contribution is -2.54. The van der Waals surface area contributed by atoms with Crippen LogP contribution in [0.15, 0.2) is 36.4 Å². The number of amides is 3. The van der Waals surface area contributed by atoms with E-state index in [1.165, 1.54) is 7.11 Å². The van der Waals surface area contributed by atoms with Crippen LogP contribution in [0.5, 0.6) is 11.5 Å². The molecule has 156 valence electrons. The van der Waals surface area contributed by atoms with Gasteiger partial charge in [-0.3, -0.25) is 10.1 Å². The van der Waals surface area contributed by atoms with Crippen LogP contribution in [-0.2, 0) is 4.79 Å². The predicted molar refractivity (Wildman–Crippen MR) is 116 cm³/mol. The van der Waals surface area contributed by atoms with Crippen molar-refractivity contribution < 1.29 is 19.4 Å². The van der Waals surface area contributed by atoms with E-state index in [4.69, 9.17) is 4.74 Å². The van der Waals surface area contributed by atoms with Gasteiger partial charge < -0.3 is 20.1 Å². The first-order valence-electron chi connectivity index (χ1n) is 9.94. The van der Waals surface area contributed by atoms with E-state index in [9.17, 15) is 14.7 Å². The van der Waals surface area contributed by atoms with Crippen molar-refractivity contribution in [2.45, 2.75) is 25.3 Å². The first-order valence-corrected chi connectivity index (χ1v) is 9.94. The van der Waals surface area contributed by atoms with Gasteiger partial charge in [-0.25, -0.2) is 4.79 Å². The van der Waals surface area contributed by atoms with E-state index >= 15 is 0 Å². The third-order valence-corrected chi connectivity index (χ3v) is 5.87. The van der Waals surface area contributed by atoms with Gasteiger partial charge in [0.25, 0.3) is 5.91 Å². The Hall–Kier alpha value is -3.48. The maximum absolute atomic E-state index is 12.1. The standard InChI is InChI=1S/C23H25N3O4/c1-15-13-17(14-19(30-2)20(15)27)4-3-16-5-7-18(8-6-16)26-11-9-23(10-12-26)21(28)24-22(29)25-23/h3-8,13-14,27H,9-12H2,1-2H3,(H2,24,25,28,29)/b4-3+. The molecule has 0 radical (unpaired) electrons. The molecule has 2 aromatic carbocycles. The number of phenols is 1. The van der Waals surface area contributed by atoms with Gasteiger partial charge in [0.2, 0.25) is 0 Å². The van der Waals surface area contributed by atoms with Crippen LogP contribution in [0.2, 0.25) is 0 Å². The fourth-order valence-corrected chi connectivity index (χ4v) is 4.04. The third kappa shape index (κ3) is 3.70. The van der Waals surface area contributed by atoms with Gasteiger partial charge in [0.05, 0.1) is 7.11 Å². The Bertz CT molecular complexity index is 1010. The molecule has 4 rings (SSSR count). The van der Waals surface area contributed by atoms with Crippen LogP contribution < -0.4 is 20.3 Å². The van der Waals surface area contributed by atoms with Crippen molar-refractivity contribution in [1.82, 2.24) is 10.6 Å². The molecule has 30 heavy (non-hydrogen) atoms. The quantitative estimate of drug-likeness (QED) is 0.535. The lowest BCUT2D eigenvalue weighted by atomic mass is 9.87. The zero-order chi connectivity index (χ0) is 21.3. The van der Waals surface area contributed by atoms with Crippen LogP contribution in [-0.4, -0.2) is 42.8 Å². The molecule has 2 aliphatic rings. The predicted octanol–water partition coefficient (Wildman–Crippen LogP) is 3.06. The van der Waals surface area contributed by atoms with Crippen LogP contribution in [0.1, 0.15) is 29.5 Å². The van der Waals surface area contributed by atoms with Crippen molar-refractivity contribution in [3.8, 4) is 11.5 Å². The molecule has 2 aromatic rings. The van der Waals surface area contributed by atoms with Crippen molar-refractivity contribution >= 4 is 29.8 Å². The molecule has 3 amide bonds. The zero-order valence-electron chi connectivity index (χ0n) is 17.1. The van der Waals surface area contributed by atoms with Gasteiger partial charge in [-0.05, 0) is 60.7 Å². The molecule has 1 spiro atoms. The molecular weight excluding hydrogens is 382 g/mol. The zero-order valence-corrected chi connectivity index (χ0v) is 17.1. The van der Waals surface area contributed by atoms with Crippen molar-refractivity contribution in [1.29, 1.82) is 0 Å². The minimum absolute atomic E-state index is 0.164. The van der Waals surface area contributed by atoms with E-state index < -0.39 is 11.6 Å². The smallest absolute Gasteiger partial charge is 0.322 e. The molecule has 2 fully saturated rings. The van der Waals surface area contributed by atoms with Crippen molar-refractivity contribution in [2.75, 3.05) is 25.1 Å². The van der Waals surface area contributed by atoms with E-state index in [1.807, 2.05) is 37.3 Å². The minimum atomic E-state index is -0.750. The highest BCUT2D eigenvalue weighted by atomic mass is 16.5. The van der Waals surface area contributed by atoms with Crippen LogP contribution in [0.4, 0.5) is 10.5 Å². The van der Waals surface area contributed by atoms with E-state index in [0.29, 0.717) is 31.7 Å². The maximum Gasteiger partial charge on any atom is 0.322 e. The molecule has 2 aliphatic heterocycles. The average Bonchev–Trinajstić information content (AvgIpc) is 3.02. The lowest BCUT2D eigenvalue weighted by Gasteiger charge is -2.38. The number of aromatic hydroxyl groups is 1. The Morgan fingerprint density at radius 3 is 2.33 bits per heavy atom. The highest BCUT2D eigenvalue weighted by Crippen LogP contribution is 2.32. The largest absolute Gasteiger partial charge is 0.504 e. The number of urea groups is 1. The number of carbonyl (C=O) groups excluding carboxylic acids is 2. The summed E-state index contributed by atoms with van der Waals surface area (Å²) in [6.07, 6.45) is 5.18. The van der Waals surface area contributed by atoms with Crippen LogP contribution in [0, 0.1) is 6.92 Å². The number of imide groups is 1. The van der Waals surface area contributed by atoms with Crippen LogP contribution >= 0.6 is 0 Å². The van der Waals surface area contributed by atoms with Gasteiger partial charge in [0, 0.05) is 18.8 Å². The Morgan fingerprint density at radius 2 is 1.73 bits per heavy atom. The summed E-state index contributed by atoms with van der Waals surface area (Å²) in [5.74, 6) is 0.408. The molecule has 0 aliphatic carbocycles. The fraction of sp³-hybridized carbons (Fsp3) is 0.304. The second-order valence-corrected chi connectivity index (χ2v) is 7.79. The first-order chi connectivity index (χ1) is 14.4. The van der Waals surface area contributed by atoms with Gasteiger partial charge in [-0.1, -0.05) is 24.3 Å². The fourth-order valence-electron chi connectivity index (χ4n) is 4.04. The summed E-state index contributed by atoms with van der Waals surface area (Å²) in [5.41, 5.74) is 3.11. The molecule has 0 bridgehead atoms. The molecule has 2 heterocycles. The third-order valence-electron chi connectivity index (χ3n) is 5.87. The molecule has 0 unspecified atom stereocenters. The summed E-state index contributed by atoms with van der Waals surface area (Å²) in [6.45, 7) is 3.25. The Labute approximate surface area is 175 Å². The summed E-state index contributed by atoms with van der Waals surface area (Å²) in [7, 11) is 1.54. The molecule has 2 saturated heterocycles. The van der Waals surface area contributed by atoms with E-state index in [2.05, 4.69) is 27.7 Å². The number of methoxy groups -OCH3 is 1.